The van der Waals surface area contributed by atoms with Gasteiger partial charge >= 0.3 is 5.97 Å². The maximum Gasteiger partial charge on any atom is 0.314 e. The van der Waals surface area contributed by atoms with Gasteiger partial charge in [-0.25, -0.2) is 0 Å². The fourth-order valence-electron chi connectivity index (χ4n) is 3.60. The van der Waals surface area contributed by atoms with Gasteiger partial charge in [-0.05, 0) is 49.4 Å². The van der Waals surface area contributed by atoms with Crippen LogP contribution in [0.15, 0.2) is 53.1 Å². The first-order chi connectivity index (χ1) is 13.0. The lowest BCUT2D eigenvalue weighted by Crippen LogP contribution is -2.19. The average molecular weight is 362 g/mol. The molecule has 3 aromatic rings. The Morgan fingerprint density at radius 2 is 1.63 bits per heavy atom. The molecule has 5 heteroatoms. The number of nitrogens with zero attached hydrogens (tertiary/aromatic N) is 1. The maximum atomic E-state index is 11.5. The van der Waals surface area contributed by atoms with Crippen molar-refractivity contribution in [2.45, 2.75) is 31.6 Å². The fourth-order valence-corrected chi connectivity index (χ4v) is 3.60. The number of carboxylic acid groups (broad SMARTS) is 1. The normalized spacial score (nSPS) is 14.9. The van der Waals surface area contributed by atoms with Crippen molar-refractivity contribution in [1.29, 1.82) is 0 Å². The smallest absolute Gasteiger partial charge is 0.314 e. The Hall–Kier alpha value is -2.92. The lowest BCUT2D eigenvalue weighted by Gasteiger charge is -2.11. The van der Waals surface area contributed by atoms with E-state index in [-0.39, 0.29) is 0 Å². The first-order valence-corrected chi connectivity index (χ1v) is 9.15. The van der Waals surface area contributed by atoms with Crippen LogP contribution in [0.4, 0.5) is 0 Å². The van der Waals surface area contributed by atoms with Crippen molar-refractivity contribution in [2.75, 3.05) is 6.54 Å². The molecule has 1 heterocycles. The van der Waals surface area contributed by atoms with Crippen LogP contribution in [0, 0.1) is 6.92 Å². The molecule has 0 saturated heterocycles. The van der Waals surface area contributed by atoms with E-state index in [0.29, 0.717) is 6.54 Å². The number of carboxylic acids is 1. The van der Waals surface area contributed by atoms with Gasteiger partial charge in [0.15, 0.2) is 5.76 Å². The number of carbonyl (C=O) groups is 1. The summed E-state index contributed by atoms with van der Waals surface area (Å²) in [6.07, 6.45) is 2.18. The third-order valence-corrected chi connectivity index (χ3v) is 5.46. The van der Waals surface area contributed by atoms with E-state index in [1.54, 1.807) is 0 Å². The first-order valence-electron chi connectivity index (χ1n) is 9.15. The molecule has 1 aromatic heterocycles. The molecule has 0 aliphatic heterocycles. The van der Waals surface area contributed by atoms with Crippen LogP contribution in [0.2, 0.25) is 0 Å². The van der Waals surface area contributed by atoms with Gasteiger partial charge in [0.25, 0.3) is 0 Å². The molecule has 0 bridgehead atoms. The van der Waals surface area contributed by atoms with E-state index in [9.17, 15) is 9.90 Å². The number of aryl methyl sites for hydroxylation is 1. The highest BCUT2D eigenvalue weighted by Crippen LogP contribution is 2.48. The minimum Gasteiger partial charge on any atom is -0.481 e. The predicted octanol–water partition coefficient (Wildman–Crippen LogP) is 3.93. The summed E-state index contributed by atoms with van der Waals surface area (Å²) in [5, 5.41) is 13.5. The zero-order chi connectivity index (χ0) is 19.0. The molecule has 0 spiro atoms. The van der Waals surface area contributed by atoms with Crippen molar-refractivity contribution in [2.24, 2.45) is 5.73 Å². The van der Waals surface area contributed by atoms with Gasteiger partial charge in [0.2, 0.25) is 0 Å². The van der Waals surface area contributed by atoms with E-state index in [1.165, 1.54) is 0 Å². The number of aromatic nitrogens is 1. The van der Waals surface area contributed by atoms with E-state index in [4.69, 9.17) is 10.3 Å². The summed E-state index contributed by atoms with van der Waals surface area (Å²) in [5.41, 5.74) is 11.0. The molecule has 2 aromatic carbocycles. The van der Waals surface area contributed by atoms with Gasteiger partial charge in [-0.3, -0.25) is 4.79 Å². The molecule has 27 heavy (non-hydrogen) atoms. The predicted molar refractivity (Wildman–Crippen MR) is 103 cm³/mol. The van der Waals surface area contributed by atoms with Crippen molar-refractivity contribution in [3.63, 3.8) is 0 Å². The highest BCUT2D eigenvalue weighted by molar-refractivity contribution is 5.85. The van der Waals surface area contributed by atoms with Crippen LogP contribution in [0.3, 0.4) is 0 Å². The number of hydrogen-bond acceptors (Lipinski definition) is 4. The Morgan fingerprint density at radius 1 is 1.07 bits per heavy atom. The van der Waals surface area contributed by atoms with Crippen LogP contribution in [-0.4, -0.2) is 22.8 Å². The van der Waals surface area contributed by atoms with Gasteiger partial charge in [-0.15, -0.1) is 0 Å². The molecule has 138 valence electrons. The minimum atomic E-state index is -0.727. The van der Waals surface area contributed by atoms with Crippen LogP contribution >= 0.6 is 0 Å². The van der Waals surface area contributed by atoms with Crippen molar-refractivity contribution in [3.05, 3.63) is 65.4 Å². The Balaban J connectivity index is 1.59. The molecule has 1 aliphatic carbocycles. The standard InChI is InChI=1S/C22H22N2O3/c1-14-19(10-13-23)20(27-24-14)17-4-2-15(3-5-17)16-6-8-18(9-7-16)22(11-12-22)21(25)26/h2-9H,10-13,23H2,1H3,(H,25,26). The second kappa shape index (κ2) is 6.67. The number of hydrogen-bond donors (Lipinski definition) is 2. The second-order valence-electron chi connectivity index (χ2n) is 7.16. The number of benzene rings is 2. The lowest BCUT2D eigenvalue weighted by molar-refractivity contribution is -0.140. The van der Waals surface area contributed by atoms with Crippen molar-refractivity contribution in [1.82, 2.24) is 5.16 Å². The lowest BCUT2D eigenvalue weighted by atomic mass is 9.93. The maximum absolute atomic E-state index is 11.5. The second-order valence-corrected chi connectivity index (χ2v) is 7.16. The molecule has 0 radical (unpaired) electrons. The van der Waals surface area contributed by atoms with Crippen molar-refractivity contribution >= 4 is 5.97 Å². The molecule has 0 amide bonds. The number of rotatable bonds is 6. The molecule has 1 fully saturated rings. The number of aliphatic carboxylic acids is 1. The Kier molecular flexibility index (Phi) is 4.32. The summed E-state index contributed by atoms with van der Waals surface area (Å²) in [6, 6.07) is 16.0. The minimum absolute atomic E-state index is 0.553. The highest BCUT2D eigenvalue weighted by Gasteiger charge is 2.51. The Labute approximate surface area is 157 Å². The fraction of sp³-hybridized carbons (Fsp3) is 0.273. The first kappa shape index (κ1) is 17.5. The topological polar surface area (TPSA) is 89.3 Å². The van der Waals surface area contributed by atoms with Crippen LogP contribution in [0.1, 0.15) is 29.7 Å². The van der Waals surface area contributed by atoms with Crippen LogP contribution in [0.5, 0.6) is 0 Å². The molecule has 1 aliphatic rings. The van der Waals surface area contributed by atoms with Gasteiger partial charge in [0.1, 0.15) is 0 Å². The summed E-state index contributed by atoms with van der Waals surface area (Å²) in [6.45, 7) is 2.48. The summed E-state index contributed by atoms with van der Waals surface area (Å²) in [5.74, 6) is 0.0484. The molecule has 1 saturated carbocycles. The quantitative estimate of drug-likeness (QED) is 0.693. The van der Waals surface area contributed by atoms with E-state index >= 15 is 0 Å². The summed E-state index contributed by atoms with van der Waals surface area (Å²) in [7, 11) is 0. The van der Waals surface area contributed by atoms with Gasteiger partial charge in [0.05, 0.1) is 11.1 Å². The van der Waals surface area contributed by atoms with Crippen LogP contribution < -0.4 is 5.73 Å². The third kappa shape index (κ3) is 3.04. The molecule has 0 unspecified atom stereocenters. The van der Waals surface area contributed by atoms with E-state index in [0.717, 1.165) is 58.5 Å². The van der Waals surface area contributed by atoms with Crippen molar-refractivity contribution < 1.29 is 14.4 Å². The molecule has 3 N–H and O–H groups in total. The molecular formula is C22H22N2O3. The van der Waals surface area contributed by atoms with Crippen LogP contribution in [-0.2, 0) is 16.6 Å². The highest BCUT2D eigenvalue weighted by atomic mass is 16.5. The monoisotopic (exact) mass is 362 g/mol. The average Bonchev–Trinajstić information content (AvgIpc) is 3.43. The molecule has 5 nitrogen and oxygen atoms in total. The SMILES string of the molecule is Cc1noc(-c2ccc(-c3ccc(C4(C(=O)O)CC4)cc3)cc2)c1CCN. The zero-order valence-electron chi connectivity index (χ0n) is 15.2. The van der Waals surface area contributed by atoms with Crippen LogP contribution in [0.25, 0.3) is 22.5 Å². The Morgan fingerprint density at radius 3 is 2.15 bits per heavy atom. The molecule has 0 atom stereocenters. The largest absolute Gasteiger partial charge is 0.481 e. The van der Waals surface area contributed by atoms with E-state index < -0.39 is 11.4 Å². The van der Waals surface area contributed by atoms with Gasteiger partial charge < -0.3 is 15.4 Å². The third-order valence-electron chi connectivity index (χ3n) is 5.46. The summed E-state index contributed by atoms with van der Waals surface area (Å²) >= 11 is 0. The molecular weight excluding hydrogens is 340 g/mol. The van der Waals surface area contributed by atoms with Crippen molar-refractivity contribution in [3.8, 4) is 22.5 Å². The summed E-state index contributed by atoms with van der Waals surface area (Å²) in [4.78, 5) is 11.5. The zero-order valence-corrected chi connectivity index (χ0v) is 15.2. The van der Waals surface area contributed by atoms with E-state index in [2.05, 4.69) is 5.16 Å². The number of nitrogens with two attached hydrogens (primary N) is 1. The van der Waals surface area contributed by atoms with Gasteiger partial charge in [0, 0.05) is 11.1 Å². The Bertz CT molecular complexity index is 968. The molecule has 4 rings (SSSR count). The van der Waals surface area contributed by atoms with Gasteiger partial charge in [-0.1, -0.05) is 53.7 Å². The van der Waals surface area contributed by atoms with Gasteiger partial charge in [-0.2, -0.15) is 0 Å². The van der Waals surface area contributed by atoms with E-state index in [1.807, 2.05) is 55.5 Å². The summed E-state index contributed by atoms with van der Waals surface area (Å²) < 4.78 is 5.50.